The second kappa shape index (κ2) is 9.46. The SMILES string of the molecule is COc1cccc(NC(=O)COC(=O)CCOc2cc(C)ccc2C)c1. The third-order valence-corrected chi connectivity index (χ3v) is 3.63. The highest BCUT2D eigenvalue weighted by Crippen LogP contribution is 2.19. The van der Waals surface area contributed by atoms with Crippen LogP contribution in [0, 0.1) is 13.8 Å². The number of nitrogens with one attached hydrogen (secondary N) is 1. The van der Waals surface area contributed by atoms with Crippen LogP contribution >= 0.6 is 0 Å². The lowest BCUT2D eigenvalue weighted by Gasteiger charge is -2.10. The molecule has 26 heavy (non-hydrogen) atoms. The summed E-state index contributed by atoms with van der Waals surface area (Å²) < 4.78 is 15.6. The molecule has 0 fully saturated rings. The number of ether oxygens (including phenoxy) is 3. The minimum atomic E-state index is -0.490. The Hall–Kier alpha value is -3.02. The van der Waals surface area contributed by atoms with Gasteiger partial charge in [0.15, 0.2) is 6.61 Å². The number of benzene rings is 2. The summed E-state index contributed by atoms with van der Waals surface area (Å²) in [5.41, 5.74) is 2.66. The van der Waals surface area contributed by atoms with Crippen LogP contribution in [0.4, 0.5) is 5.69 Å². The monoisotopic (exact) mass is 357 g/mol. The molecule has 0 aromatic heterocycles. The van der Waals surface area contributed by atoms with Crippen LogP contribution in [-0.4, -0.2) is 32.2 Å². The molecule has 0 saturated heterocycles. The predicted molar refractivity (Wildman–Crippen MR) is 98.6 cm³/mol. The van der Waals surface area contributed by atoms with Crippen molar-refractivity contribution in [2.45, 2.75) is 20.3 Å². The lowest BCUT2D eigenvalue weighted by atomic mass is 10.1. The molecule has 0 heterocycles. The summed E-state index contributed by atoms with van der Waals surface area (Å²) in [6.45, 7) is 3.76. The van der Waals surface area contributed by atoms with Gasteiger partial charge >= 0.3 is 5.97 Å². The normalized spacial score (nSPS) is 10.1. The number of methoxy groups -OCH3 is 1. The number of anilines is 1. The predicted octanol–water partition coefficient (Wildman–Crippen LogP) is 3.26. The van der Waals surface area contributed by atoms with Gasteiger partial charge in [0, 0.05) is 11.8 Å². The molecule has 0 aliphatic carbocycles. The Bertz CT molecular complexity index is 773. The lowest BCUT2D eigenvalue weighted by Crippen LogP contribution is -2.21. The fourth-order valence-electron chi connectivity index (χ4n) is 2.22. The van der Waals surface area contributed by atoms with Gasteiger partial charge in [0.05, 0.1) is 20.1 Å². The van der Waals surface area contributed by atoms with Crippen LogP contribution < -0.4 is 14.8 Å². The number of carbonyl (C=O) groups excluding carboxylic acids is 2. The molecule has 2 aromatic carbocycles. The maximum Gasteiger partial charge on any atom is 0.309 e. The topological polar surface area (TPSA) is 73.9 Å². The summed E-state index contributed by atoms with van der Waals surface area (Å²) in [5, 5.41) is 2.64. The van der Waals surface area contributed by atoms with Crippen molar-refractivity contribution >= 4 is 17.6 Å². The van der Waals surface area contributed by atoms with E-state index in [0.717, 1.165) is 16.9 Å². The van der Waals surface area contributed by atoms with E-state index >= 15 is 0 Å². The molecule has 6 heteroatoms. The van der Waals surface area contributed by atoms with E-state index in [4.69, 9.17) is 14.2 Å². The average molecular weight is 357 g/mol. The minimum absolute atomic E-state index is 0.0693. The summed E-state index contributed by atoms with van der Waals surface area (Å²) in [4.78, 5) is 23.6. The molecule has 6 nitrogen and oxygen atoms in total. The average Bonchev–Trinajstić information content (AvgIpc) is 2.63. The molecule has 2 rings (SSSR count). The number of esters is 1. The van der Waals surface area contributed by atoms with Crippen LogP contribution in [0.1, 0.15) is 17.5 Å². The molecule has 0 radical (unpaired) electrons. The van der Waals surface area contributed by atoms with Gasteiger partial charge < -0.3 is 19.5 Å². The Balaban J connectivity index is 1.71. The standard InChI is InChI=1S/C20H23NO5/c1-14-7-8-15(2)18(11-14)25-10-9-20(23)26-13-19(22)21-16-5-4-6-17(12-16)24-3/h4-8,11-12H,9-10,13H2,1-3H3,(H,21,22). The largest absolute Gasteiger partial charge is 0.497 e. The third-order valence-electron chi connectivity index (χ3n) is 3.63. The highest BCUT2D eigenvalue weighted by Gasteiger charge is 2.09. The van der Waals surface area contributed by atoms with Crippen molar-refractivity contribution in [3.8, 4) is 11.5 Å². The molecular formula is C20H23NO5. The fourth-order valence-corrected chi connectivity index (χ4v) is 2.22. The molecule has 0 aliphatic heterocycles. The molecule has 1 amide bonds. The van der Waals surface area contributed by atoms with Crippen LogP contribution in [0.2, 0.25) is 0 Å². The zero-order valence-electron chi connectivity index (χ0n) is 15.2. The second-order valence-corrected chi connectivity index (χ2v) is 5.81. The number of rotatable bonds is 8. The van der Waals surface area contributed by atoms with E-state index in [1.54, 1.807) is 31.4 Å². The summed E-state index contributed by atoms with van der Waals surface area (Å²) in [5.74, 6) is 0.468. The number of aryl methyl sites for hydroxylation is 2. The van der Waals surface area contributed by atoms with Crippen LogP contribution in [0.3, 0.4) is 0 Å². The molecule has 0 unspecified atom stereocenters. The molecule has 0 bridgehead atoms. The van der Waals surface area contributed by atoms with Gasteiger partial charge in [0.1, 0.15) is 11.5 Å². The van der Waals surface area contributed by atoms with E-state index in [1.165, 1.54) is 0 Å². The van der Waals surface area contributed by atoms with Crippen LogP contribution in [0.15, 0.2) is 42.5 Å². The molecular weight excluding hydrogens is 334 g/mol. The Morgan fingerprint density at radius 3 is 2.65 bits per heavy atom. The van der Waals surface area contributed by atoms with Crippen LogP contribution in [-0.2, 0) is 14.3 Å². The van der Waals surface area contributed by atoms with Crippen molar-refractivity contribution in [1.82, 2.24) is 0 Å². The van der Waals surface area contributed by atoms with E-state index in [9.17, 15) is 9.59 Å². The number of carbonyl (C=O) groups is 2. The van der Waals surface area contributed by atoms with E-state index in [-0.39, 0.29) is 19.6 Å². The van der Waals surface area contributed by atoms with E-state index in [1.807, 2.05) is 32.0 Å². The van der Waals surface area contributed by atoms with Gasteiger partial charge in [-0.25, -0.2) is 0 Å². The number of hydrogen-bond donors (Lipinski definition) is 1. The van der Waals surface area contributed by atoms with E-state index < -0.39 is 11.9 Å². The van der Waals surface area contributed by atoms with Crippen molar-refractivity contribution in [3.05, 3.63) is 53.6 Å². The number of amides is 1. The van der Waals surface area contributed by atoms with Gasteiger partial charge in [-0.2, -0.15) is 0 Å². The van der Waals surface area contributed by atoms with Crippen molar-refractivity contribution in [2.75, 3.05) is 25.6 Å². The molecule has 2 aromatic rings. The van der Waals surface area contributed by atoms with Crippen LogP contribution in [0.5, 0.6) is 11.5 Å². The van der Waals surface area contributed by atoms with E-state index in [0.29, 0.717) is 11.4 Å². The first-order valence-corrected chi connectivity index (χ1v) is 8.27. The van der Waals surface area contributed by atoms with Crippen LogP contribution in [0.25, 0.3) is 0 Å². The van der Waals surface area contributed by atoms with Crippen molar-refractivity contribution in [3.63, 3.8) is 0 Å². The van der Waals surface area contributed by atoms with Crippen molar-refractivity contribution in [1.29, 1.82) is 0 Å². The van der Waals surface area contributed by atoms with E-state index in [2.05, 4.69) is 5.32 Å². The highest BCUT2D eigenvalue weighted by molar-refractivity contribution is 5.92. The van der Waals surface area contributed by atoms with Gasteiger partial charge in [0.2, 0.25) is 0 Å². The highest BCUT2D eigenvalue weighted by atomic mass is 16.5. The first-order valence-electron chi connectivity index (χ1n) is 8.27. The zero-order chi connectivity index (χ0) is 18.9. The fraction of sp³-hybridized carbons (Fsp3) is 0.300. The van der Waals surface area contributed by atoms with Crippen molar-refractivity contribution in [2.24, 2.45) is 0 Å². The minimum Gasteiger partial charge on any atom is -0.497 e. The Kier molecular flexibility index (Phi) is 7.02. The molecule has 0 spiro atoms. The molecule has 0 aliphatic rings. The van der Waals surface area contributed by atoms with Gasteiger partial charge in [-0.05, 0) is 43.2 Å². The summed E-state index contributed by atoms with van der Waals surface area (Å²) in [6, 6.07) is 12.8. The smallest absolute Gasteiger partial charge is 0.309 e. The molecule has 138 valence electrons. The number of hydrogen-bond acceptors (Lipinski definition) is 5. The molecule has 0 atom stereocenters. The lowest BCUT2D eigenvalue weighted by molar-refractivity contribution is -0.147. The Morgan fingerprint density at radius 1 is 1.08 bits per heavy atom. The Labute approximate surface area is 153 Å². The second-order valence-electron chi connectivity index (χ2n) is 5.81. The Morgan fingerprint density at radius 2 is 1.88 bits per heavy atom. The molecule has 0 saturated carbocycles. The zero-order valence-corrected chi connectivity index (χ0v) is 15.2. The third kappa shape index (κ3) is 6.12. The van der Waals surface area contributed by atoms with Crippen molar-refractivity contribution < 1.29 is 23.8 Å². The quantitative estimate of drug-likeness (QED) is 0.734. The summed E-state index contributed by atoms with van der Waals surface area (Å²) in [7, 11) is 1.54. The summed E-state index contributed by atoms with van der Waals surface area (Å²) >= 11 is 0. The molecule has 1 N–H and O–H groups in total. The van der Waals surface area contributed by atoms with Gasteiger partial charge in [-0.3, -0.25) is 9.59 Å². The summed E-state index contributed by atoms with van der Waals surface area (Å²) in [6.07, 6.45) is 0.0693. The van der Waals surface area contributed by atoms with Gasteiger partial charge in [0.25, 0.3) is 5.91 Å². The first-order chi connectivity index (χ1) is 12.5. The maximum absolute atomic E-state index is 11.8. The van der Waals surface area contributed by atoms with Gasteiger partial charge in [-0.15, -0.1) is 0 Å². The first kappa shape index (κ1) is 19.3. The van der Waals surface area contributed by atoms with Gasteiger partial charge in [-0.1, -0.05) is 18.2 Å². The maximum atomic E-state index is 11.8.